The van der Waals surface area contributed by atoms with Crippen molar-refractivity contribution in [2.45, 2.75) is 0 Å². The molecule has 78 valence electrons. The number of aromatic nitrogens is 2. The lowest BCUT2D eigenvalue weighted by molar-refractivity contribution is 0.972. The van der Waals surface area contributed by atoms with E-state index in [1.54, 1.807) is 24.5 Å². The van der Waals surface area contributed by atoms with Gasteiger partial charge in [-0.1, -0.05) is 0 Å². The predicted octanol–water partition coefficient (Wildman–Crippen LogP) is 0.672. The maximum Gasteiger partial charge on any atom is 0.256 e. The predicted molar refractivity (Wildman–Crippen MR) is 63.8 cm³/mol. The van der Waals surface area contributed by atoms with Crippen LogP contribution in [0.4, 0.5) is 0 Å². The largest absolute Gasteiger partial charge is 0.269 e. The number of hydrogen-bond donors (Lipinski definition) is 0. The molecule has 16 heavy (non-hydrogen) atoms. The van der Waals surface area contributed by atoms with Crippen molar-refractivity contribution >= 4 is 17.3 Å². The van der Waals surface area contributed by atoms with E-state index >= 15 is 0 Å². The molecule has 2 aromatic heterocycles. The minimum atomic E-state index is -0.233. The van der Waals surface area contributed by atoms with Crippen molar-refractivity contribution in [3.63, 3.8) is 0 Å². The van der Waals surface area contributed by atoms with Crippen molar-refractivity contribution in [3.05, 3.63) is 57.4 Å². The van der Waals surface area contributed by atoms with Crippen LogP contribution in [0.25, 0.3) is 11.1 Å². The van der Waals surface area contributed by atoms with Gasteiger partial charge in [0.15, 0.2) is 5.11 Å². The van der Waals surface area contributed by atoms with Crippen molar-refractivity contribution < 1.29 is 0 Å². The molecule has 5 heteroatoms. The lowest BCUT2D eigenvalue weighted by atomic mass is 10.1. The summed E-state index contributed by atoms with van der Waals surface area (Å²) in [6.07, 6.45) is 3.30. The first-order valence-corrected chi connectivity index (χ1v) is 5.08. The molecule has 0 radical (unpaired) electrons. The van der Waals surface area contributed by atoms with E-state index in [4.69, 9.17) is 12.2 Å². The van der Waals surface area contributed by atoms with Crippen LogP contribution >= 0.6 is 12.2 Å². The second-order valence-corrected chi connectivity index (χ2v) is 3.90. The van der Waals surface area contributed by atoms with E-state index in [9.17, 15) is 9.59 Å². The molecule has 2 aromatic rings. The van der Waals surface area contributed by atoms with Gasteiger partial charge in [-0.15, -0.1) is 0 Å². The smallest absolute Gasteiger partial charge is 0.256 e. The fraction of sp³-hybridized carbons (Fsp3) is 0. The van der Waals surface area contributed by atoms with E-state index in [-0.39, 0.29) is 16.2 Å². The van der Waals surface area contributed by atoms with Gasteiger partial charge in [0, 0.05) is 35.7 Å². The SMILES string of the molecule is O=c1ccc2cn1C(=S)n1cc-2ccc1=O. The van der Waals surface area contributed by atoms with Crippen LogP contribution in [0.1, 0.15) is 0 Å². The minimum absolute atomic E-state index is 0.191. The van der Waals surface area contributed by atoms with Gasteiger partial charge in [0.2, 0.25) is 0 Å². The average Bonchev–Trinajstić information content (AvgIpc) is 2.38. The molecule has 1 aliphatic heterocycles. The summed E-state index contributed by atoms with van der Waals surface area (Å²) in [5, 5.41) is 0.191. The van der Waals surface area contributed by atoms with Gasteiger partial charge < -0.3 is 0 Å². The third-order valence-electron chi connectivity index (χ3n) is 2.57. The first kappa shape index (κ1) is 9.23. The normalized spacial score (nSPS) is 12.4. The Morgan fingerprint density at radius 2 is 1.25 bits per heavy atom. The Morgan fingerprint density at radius 1 is 0.812 bits per heavy atom. The summed E-state index contributed by atoms with van der Waals surface area (Å²) in [5.41, 5.74) is 1.27. The molecule has 0 saturated carbocycles. The molecular weight excluding hydrogens is 224 g/mol. The standard InChI is InChI=1S/C11H6N2O2S/c14-9-3-1-7-5-12(9)11(16)13-6-8(7)2-4-10(13)15/h1-6H. The van der Waals surface area contributed by atoms with Crippen molar-refractivity contribution in [1.29, 1.82) is 0 Å². The summed E-state index contributed by atoms with van der Waals surface area (Å²) in [7, 11) is 0. The van der Waals surface area contributed by atoms with Crippen molar-refractivity contribution in [3.8, 4) is 11.1 Å². The number of fused-ring (bicyclic) bond motifs is 5. The number of rotatable bonds is 0. The molecule has 3 heterocycles. The van der Waals surface area contributed by atoms with Gasteiger partial charge in [-0.25, -0.2) is 0 Å². The zero-order valence-corrected chi connectivity index (χ0v) is 8.90. The molecule has 0 atom stereocenters. The molecule has 0 spiro atoms. The molecule has 0 amide bonds. The summed E-state index contributed by atoms with van der Waals surface area (Å²) >= 11 is 5.11. The zero-order chi connectivity index (χ0) is 11.3. The van der Waals surface area contributed by atoms with Crippen LogP contribution in [0.2, 0.25) is 0 Å². The summed E-state index contributed by atoms with van der Waals surface area (Å²) in [6.45, 7) is 0. The van der Waals surface area contributed by atoms with Gasteiger partial charge in [-0.2, -0.15) is 0 Å². The van der Waals surface area contributed by atoms with E-state index < -0.39 is 0 Å². The van der Waals surface area contributed by atoms with Crippen LogP contribution < -0.4 is 11.1 Å². The Labute approximate surface area is 95.4 Å². The molecule has 3 rings (SSSR count). The first-order valence-electron chi connectivity index (χ1n) is 4.67. The number of pyridine rings is 2. The highest BCUT2D eigenvalue weighted by molar-refractivity contribution is 7.80. The monoisotopic (exact) mass is 230 g/mol. The molecule has 0 aromatic carbocycles. The molecular formula is C11H6N2O2S. The van der Waals surface area contributed by atoms with Crippen LogP contribution in [0.3, 0.4) is 0 Å². The van der Waals surface area contributed by atoms with Gasteiger partial charge >= 0.3 is 0 Å². The molecule has 4 nitrogen and oxygen atoms in total. The second-order valence-electron chi connectivity index (χ2n) is 3.53. The van der Waals surface area contributed by atoms with Gasteiger partial charge in [0.25, 0.3) is 11.1 Å². The molecule has 0 unspecified atom stereocenters. The first-order chi connectivity index (χ1) is 7.66. The van der Waals surface area contributed by atoms with Crippen LogP contribution in [0, 0.1) is 0 Å². The maximum atomic E-state index is 11.6. The number of thiocarbonyl (C=S) groups is 1. The summed E-state index contributed by atoms with van der Waals surface area (Å²) in [6, 6.07) is 6.33. The quantitative estimate of drug-likeness (QED) is 0.533. The topological polar surface area (TPSA) is 44.0 Å². The highest BCUT2D eigenvalue weighted by Crippen LogP contribution is 2.18. The minimum Gasteiger partial charge on any atom is -0.269 e. The molecule has 1 aliphatic rings. The third kappa shape index (κ3) is 1.12. The Balaban J connectivity index is 2.53. The average molecular weight is 230 g/mol. The highest BCUT2D eigenvalue weighted by Gasteiger charge is 2.14. The van der Waals surface area contributed by atoms with Crippen molar-refractivity contribution in [2.75, 3.05) is 0 Å². The highest BCUT2D eigenvalue weighted by atomic mass is 32.1. The Hall–Kier alpha value is -2.01. The summed E-state index contributed by atoms with van der Waals surface area (Å²) in [4.78, 5) is 23.2. The van der Waals surface area contributed by atoms with Crippen LogP contribution in [-0.4, -0.2) is 14.2 Å². The summed E-state index contributed by atoms with van der Waals surface area (Å²) < 4.78 is 2.61. The van der Waals surface area contributed by atoms with E-state index in [1.807, 2.05) is 0 Å². The van der Waals surface area contributed by atoms with Gasteiger partial charge in [0.1, 0.15) is 0 Å². The fourth-order valence-electron chi connectivity index (χ4n) is 1.73. The zero-order valence-electron chi connectivity index (χ0n) is 8.08. The fourth-order valence-corrected chi connectivity index (χ4v) is 2.02. The Bertz CT molecular complexity index is 666. The van der Waals surface area contributed by atoms with Gasteiger partial charge in [-0.05, 0) is 24.4 Å². The van der Waals surface area contributed by atoms with Crippen molar-refractivity contribution in [2.24, 2.45) is 0 Å². The van der Waals surface area contributed by atoms with E-state index in [0.29, 0.717) is 0 Å². The van der Waals surface area contributed by atoms with E-state index in [2.05, 4.69) is 0 Å². The number of nitrogens with zero attached hydrogens (tertiary/aromatic N) is 2. The van der Waals surface area contributed by atoms with Crippen LogP contribution in [0.15, 0.2) is 46.2 Å². The Kier molecular flexibility index (Phi) is 1.73. The maximum absolute atomic E-state index is 11.6. The molecule has 0 saturated heterocycles. The molecule has 0 fully saturated rings. The molecule has 0 aliphatic carbocycles. The van der Waals surface area contributed by atoms with E-state index in [0.717, 1.165) is 11.1 Å². The second kappa shape index (κ2) is 2.99. The van der Waals surface area contributed by atoms with Crippen LogP contribution in [0.5, 0.6) is 0 Å². The number of hydrogen-bond acceptors (Lipinski definition) is 3. The lowest BCUT2D eigenvalue weighted by Gasteiger charge is -2.05. The third-order valence-corrected chi connectivity index (χ3v) is 2.96. The Morgan fingerprint density at radius 3 is 1.69 bits per heavy atom. The van der Waals surface area contributed by atoms with E-state index in [1.165, 1.54) is 21.3 Å². The molecule has 4 bridgehead atoms. The molecule has 0 N–H and O–H groups in total. The lowest BCUT2D eigenvalue weighted by Crippen LogP contribution is -2.34. The van der Waals surface area contributed by atoms with Gasteiger partial charge in [-0.3, -0.25) is 18.7 Å². The van der Waals surface area contributed by atoms with Gasteiger partial charge in [0.05, 0.1) is 0 Å². The summed E-state index contributed by atoms with van der Waals surface area (Å²) in [5.74, 6) is 0. The van der Waals surface area contributed by atoms with Crippen LogP contribution in [-0.2, 0) is 0 Å². The van der Waals surface area contributed by atoms with Crippen molar-refractivity contribution in [1.82, 2.24) is 9.13 Å².